The van der Waals surface area contributed by atoms with Gasteiger partial charge in [0.25, 0.3) is 0 Å². The molecule has 136 valence electrons. The van der Waals surface area contributed by atoms with Gasteiger partial charge in [-0.1, -0.05) is 54.6 Å². The molecule has 0 N–H and O–H groups in total. The molecule has 3 rings (SSSR count). The third kappa shape index (κ3) is 6.08. The minimum atomic E-state index is 0.855. The van der Waals surface area contributed by atoms with Crippen molar-refractivity contribution in [2.45, 2.75) is 30.9 Å². The Morgan fingerprint density at radius 2 is 1.42 bits per heavy atom. The smallest absolute Gasteiger partial charge is 0.118 e. The van der Waals surface area contributed by atoms with Gasteiger partial charge in [-0.05, 0) is 55.8 Å². The van der Waals surface area contributed by atoms with Gasteiger partial charge in [0.05, 0.1) is 12.3 Å². The van der Waals surface area contributed by atoms with Gasteiger partial charge in [-0.15, -0.1) is 11.8 Å². The van der Waals surface area contributed by atoms with Gasteiger partial charge in [0.15, 0.2) is 0 Å². The van der Waals surface area contributed by atoms with E-state index in [9.17, 15) is 0 Å². The molecule has 2 nitrogen and oxygen atoms in total. The molecular formula is C23H27NOS. The van der Waals surface area contributed by atoms with E-state index in [4.69, 9.17) is 4.42 Å². The van der Waals surface area contributed by atoms with Crippen molar-refractivity contribution in [3.63, 3.8) is 0 Å². The van der Waals surface area contributed by atoms with Crippen LogP contribution >= 0.6 is 11.8 Å². The summed E-state index contributed by atoms with van der Waals surface area (Å²) >= 11 is 1.91. The number of benzene rings is 2. The highest BCUT2D eigenvalue weighted by molar-refractivity contribution is 7.97. The van der Waals surface area contributed by atoms with E-state index in [1.54, 1.807) is 0 Å². The number of hydrogen-bond acceptors (Lipinski definition) is 3. The Morgan fingerprint density at radius 3 is 2.23 bits per heavy atom. The van der Waals surface area contributed by atoms with Gasteiger partial charge in [0.1, 0.15) is 11.5 Å². The molecule has 0 atom stereocenters. The van der Waals surface area contributed by atoms with E-state index in [0.29, 0.717) is 0 Å². The Morgan fingerprint density at radius 1 is 0.731 bits per heavy atom. The molecule has 0 radical (unpaired) electrons. The van der Waals surface area contributed by atoms with Gasteiger partial charge >= 0.3 is 0 Å². The van der Waals surface area contributed by atoms with Crippen molar-refractivity contribution in [2.75, 3.05) is 14.1 Å². The van der Waals surface area contributed by atoms with Crippen molar-refractivity contribution in [3.8, 4) is 0 Å². The highest BCUT2D eigenvalue weighted by Gasteiger charge is 2.04. The van der Waals surface area contributed by atoms with Crippen molar-refractivity contribution < 1.29 is 4.42 Å². The summed E-state index contributed by atoms with van der Waals surface area (Å²) in [4.78, 5) is 2.12. The van der Waals surface area contributed by atoms with Gasteiger partial charge in [0.2, 0.25) is 0 Å². The van der Waals surface area contributed by atoms with Crippen molar-refractivity contribution in [1.29, 1.82) is 0 Å². The van der Waals surface area contributed by atoms with Crippen molar-refractivity contribution in [3.05, 3.63) is 94.9 Å². The minimum Gasteiger partial charge on any atom is -0.464 e. The molecule has 0 unspecified atom stereocenters. The number of nitrogens with zero attached hydrogens (tertiary/aromatic N) is 1. The molecule has 0 saturated carbocycles. The Labute approximate surface area is 161 Å². The number of rotatable bonds is 9. The lowest BCUT2D eigenvalue weighted by molar-refractivity contribution is 0.344. The van der Waals surface area contributed by atoms with Crippen LogP contribution in [0, 0.1) is 0 Å². The molecule has 0 bridgehead atoms. The summed E-state index contributed by atoms with van der Waals surface area (Å²) in [5, 5.41) is 0. The van der Waals surface area contributed by atoms with E-state index >= 15 is 0 Å². The fourth-order valence-electron chi connectivity index (χ4n) is 2.97. The van der Waals surface area contributed by atoms with Crippen LogP contribution in [0.15, 0.2) is 71.1 Å². The monoisotopic (exact) mass is 365 g/mol. The Bertz CT molecular complexity index is 795. The second-order valence-corrected chi connectivity index (χ2v) is 7.89. The molecule has 0 spiro atoms. The van der Waals surface area contributed by atoms with Crippen LogP contribution in [0.3, 0.4) is 0 Å². The lowest BCUT2D eigenvalue weighted by Crippen LogP contribution is -2.09. The van der Waals surface area contributed by atoms with Crippen molar-refractivity contribution in [1.82, 2.24) is 4.90 Å². The minimum absolute atomic E-state index is 0.855. The highest BCUT2D eigenvalue weighted by atomic mass is 32.2. The lowest BCUT2D eigenvalue weighted by atomic mass is 10.0. The van der Waals surface area contributed by atoms with Gasteiger partial charge < -0.3 is 9.32 Å². The summed E-state index contributed by atoms with van der Waals surface area (Å²) in [6.45, 7) is 0.855. The molecule has 1 aromatic heterocycles. The van der Waals surface area contributed by atoms with Crippen molar-refractivity contribution in [2.24, 2.45) is 0 Å². The molecule has 0 amide bonds. The van der Waals surface area contributed by atoms with Gasteiger partial charge in [-0.25, -0.2) is 0 Å². The maximum Gasteiger partial charge on any atom is 0.118 e. The van der Waals surface area contributed by atoms with Crippen LogP contribution in [0.1, 0.15) is 28.2 Å². The van der Waals surface area contributed by atoms with E-state index in [1.165, 1.54) is 16.7 Å². The Kier molecular flexibility index (Phi) is 6.98. The average Bonchev–Trinajstić information content (AvgIpc) is 3.08. The first-order valence-electron chi connectivity index (χ1n) is 9.11. The molecule has 3 heteroatoms. The fraction of sp³-hybridized carbons (Fsp3) is 0.304. The van der Waals surface area contributed by atoms with E-state index in [2.05, 4.69) is 85.7 Å². The third-order valence-electron chi connectivity index (χ3n) is 4.24. The molecular weight excluding hydrogens is 338 g/mol. The molecule has 0 aliphatic carbocycles. The van der Waals surface area contributed by atoms with Crippen LogP contribution in [0.4, 0.5) is 0 Å². The van der Waals surface area contributed by atoms with Gasteiger partial charge in [0, 0.05) is 5.75 Å². The van der Waals surface area contributed by atoms with Crippen LogP contribution in [-0.2, 0) is 30.9 Å². The summed E-state index contributed by atoms with van der Waals surface area (Å²) in [5.74, 6) is 4.03. The second kappa shape index (κ2) is 9.65. The Hall–Kier alpha value is -1.97. The number of aryl methyl sites for hydroxylation is 2. The summed E-state index contributed by atoms with van der Waals surface area (Å²) in [5.41, 5.74) is 4.21. The zero-order chi connectivity index (χ0) is 18.2. The molecule has 0 fully saturated rings. The van der Waals surface area contributed by atoms with Gasteiger partial charge in [-0.2, -0.15) is 0 Å². The SMILES string of the molecule is CN(C)Cc1ccc(CSCc2cccc(CCc3ccccc3)c2)o1. The first kappa shape index (κ1) is 18.8. The normalized spacial score (nSPS) is 11.2. The summed E-state index contributed by atoms with van der Waals surface area (Å²) in [6, 6.07) is 23.9. The Balaban J connectivity index is 1.47. The average molecular weight is 366 g/mol. The molecule has 0 saturated heterocycles. The number of thioether (sulfide) groups is 1. The van der Waals surface area contributed by atoms with Crippen LogP contribution in [0.2, 0.25) is 0 Å². The van der Waals surface area contributed by atoms with E-state index < -0.39 is 0 Å². The summed E-state index contributed by atoms with van der Waals surface area (Å²) in [7, 11) is 4.11. The summed E-state index contributed by atoms with van der Waals surface area (Å²) < 4.78 is 5.88. The lowest BCUT2D eigenvalue weighted by Gasteiger charge is -2.06. The predicted molar refractivity (Wildman–Crippen MR) is 111 cm³/mol. The topological polar surface area (TPSA) is 16.4 Å². The fourth-order valence-corrected chi connectivity index (χ4v) is 3.85. The maximum atomic E-state index is 5.88. The molecule has 0 aliphatic rings. The largest absolute Gasteiger partial charge is 0.464 e. The van der Waals surface area contributed by atoms with E-state index in [0.717, 1.165) is 42.4 Å². The number of hydrogen-bond donors (Lipinski definition) is 0. The molecule has 1 heterocycles. The first-order chi connectivity index (χ1) is 12.7. The molecule has 0 aliphatic heterocycles. The first-order valence-corrected chi connectivity index (χ1v) is 10.3. The molecule has 2 aromatic carbocycles. The predicted octanol–water partition coefficient (Wildman–Crippen LogP) is 5.56. The maximum absolute atomic E-state index is 5.88. The van der Waals surface area contributed by atoms with Crippen LogP contribution in [0.25, 0.3) is 0 Å². The zero-order valence-corrected chi connectivity index (χ0v) is 16.5. The number of furan rings is 1. The zero-order valence-electron chi connectivity index (χ0n) is 15.7. The quantitative estimate of drug-likeness (QED) is 0.494. The van der Waals surface area contributed by atoms with Crippen LogP contribution in [0.5, 0.6) is 0 Å². The second-order valence-electron chi connectivity index (χ2n) is 6.90. The van der Waals surface area contributed by atoms with E-state index in [-0.39, 0.29) is 0 Å². The highest BCUT2D eigenvalue weighted by Crippen LogP contribution is 2.21. The summed E-state index contributed by atoms with van der Waals surface area (Å²) in [6.07, 6.45) is 2.19. The van der Waals surface area contributed by atoms with Gasteiger partial charge in [-0.3, -0.25) is 0 Å². The molecule has 26 heavy (non-hydrogen) atoms. The van der Waals surface area contributed by atoms with Crippen LogP contribution in [-0.4, -0.2) is 19.0 Å². The van der Waals surface area contributed by atoms with Crippen LogP contribution < -0.4 is 0 Å². The standard InChI is InChI=1S/C23H27NOS/c1-24(2)16-22-13-14-23(25-22)18-26-17-21-10-6-9-20(15-21)12-11-19-7-4-3-5-8-19/h3-10,13-15H,11-12,16-18H2,1-2H3. The van der Waals surface area contributed by atoms with Crippen molar-refractivity contribution >= 4 is 11.8 Å². The van der Waals surface area contributed by atoms with E-state index in [1.807, 2.05) is 11.8 Å². The molecule has 3 aromatic rings. The third-order valence-corrected chi connectivity index (χ3v) is 5.27.